The van der Waals surface area contributed by atoms with Gasteiger partial charge in [0, 0.05) is 41.8 Å². The minimum atomic E-state index is 0.221. The van der Waals surface area contributed by atoms with Crippen molar-refractivity contribution in [1.29, 1.82) is 0 Å². The molecule has 0 atom stereocenters. The summed E-state index contributed by atoms with van der Waals surface area (Å²) in [6.07, 6.45) is 7.81. The zero-order valence-electron chi connectivity index (χ0n) is 15.2. The van der Waals surface area contributed by atoms with Crippen LogP contribution in [0.1, 0.15) is 38.1 Å². The number of aromatic amines is 1. The maximum absolute atomic E-state index is 12.5. The summed E-state index contributed by atoms with van der Waals surface area (Å²) in [4.78, 5) is 17.8. The molecule has 1 aliphatic heterocycles. The van der Waals surface area contributed by atoms with Gasteiger partial charge in [-0.1, -0.05) is 30.0 Å². The monoisotopic (exact) mass is 381 g/mol. The van der Waals surface area contributed by atoms with E-state index in [9.17, 15) is 4.79 Å². The number of thioether (sulfide) groups is 1. The molecule has 0 spiro atoms. The highest BCUT2D eigenvalue weighted by molar-refractivity contribution is 7.99. The van der Waals surface area contributed by atoms with Gasteiger partial charge in [0.05, 0.1) is 5.75 Å². The van der Waals surface area contributed by atoms with Gasteiger partial charge in [-0.2, -0.15) is 0 Å². The third-order valence-corrected chi connectivity index (χ3v) is 6.37. The number of carbonyl (C=O) groups is 1. The fraction of sp³-hybridized carbons (Fsp3) is 0.450. The Kier molecular flexibility index (Phi) is 4.39. The molecule has 5 rings (SSSR count). The number of benzene rings is 1. The Morgan fingerprint density at radius 1 is 1.15 bits per heavy atom. The first kappa shape index (κ1) is 16.9. The molecule has 27 heavy (non-hydrogen) atoms. The van der Waals surface area contributed by atoms with E-state index in [1.807, 2.05) is 23.2 Å². The highest BCUT2D eigenvalue weighted by Crippen LogP contribution is 2.42. The fourth-order valence-electron chi connectivity index (χ4n) is 3.84. The van der Waals surface area contributed by atoms with Crippen molar-refractivity contribution in [2.24, 2.45) is 0 Å². The predicted octanol–water partition coefficient (Wildman–Crippen LogP) is 3.87. The lowest BCUT2D eigenvalue weighted by molar-refractivity contribution is -0.129. The van der Waals surface area contributed by atoms with Gasteiger partial charge in [0.1, 0.15) is 0 Å². The Labute approximate surface area is 162 Å². The van der Waals surface area contributed by atoms with Crippen LogP contribution in [0, 0.1) is 0 Å². The van der Waals surface area contributed by atoms with Crippen LogP contribution in [0.3, 0.4) is 0 Å². The lowest BCUT2D eigenvalue weighted by Crippen LogP contribution is -2.36. The van der Waals surface area contributed by atoms with Crippen molar-refractivity contribution < 1.29 is 4.79 Å². The van der Waals surface area contributed by atoms with E-state index < -0.39 is 0 Å². The van der Waals surface area contributed by atoms with Gasteiger partial charge in [0.2, 0.25) is 5.91 Å². The molecule has 3 aromatic rings. The minimum absolute atomic E-state index is 0.221. The van der Waals surface area contributed by atoms with E-state index in [1.165, 1.54) is 18.2 Å². The normalized spacial score (nSPS) is 17.6. The molecule has 3 heterocycles. The number of para-hydroxylation sites is 1. The quantitative estimate of drug-likeness (QED) is 0.682. The largest absolute Gasteiger partial charge is 0.360 e. The lowest BCUT2D eigenvalue weighted by Gasteiger charge is -2.26. The van der Waals surface area contributed by atoms with E-state index in [0.29, 0.717) is 11.8 Å². The molecule has 0 unspecified atom stereocenters. The molecule has 1 amide bonds. The van der Waals surface area contributed by atoms with Crippen LogP contribution in [-0.2, 0) is 4.79 Å². The maximum atomic E-state index is 12.5. The van der Waals surface area contributed by atoms with E-state index in [4.69, 9.17) is 0 Å². The van der Waals surface area contributed by atoms with Crippen molar-refractivity contribution >= 4 is 28.6 Å². The van der Waals surface area contributed by atoms with E-state index in [2.05, 4.69) is 31.9 Å². The second-order valence-electron chi connectivity index (χ2n) is 7.39. The summed E-state index contributed by atoms with van der Waals surface area (Å²) in [5.74, 6) is 1.57. The second-order valence-corrected chi connectivity index (χ2v) is 8.33. The Hall–Kier alpha value is -2.28. The van der Waals surface area contributed by atoms with Gasteiger partial charge >= 0.3 is 0 Å². The van der Waals surface area contributed by atoms with Crippen molar-refractivity contribution in [3.05, 3.63) is 30.5 Å². The van der Waals surface area contributed by atoms with Crippen LogP contribution in [0.2, 0.25) is 0 Å². The summed E-state index contributed by atoms with van der Waals surface area (Å²) < 4.78 is 2.24. The smallest absolute Gasteiger partial charge is 0.233 e. The van der Waals surface area contributed by atoms with Crippen molar-refractivity contribution in [3.8, 4) is 11.4 Å². The highest BCUT2D eigenvalue weighted by atomic mass is 32.2. The molecule has 1 aromatic carbocycles. The van der Waals surface area contributed by atoms with Crippen molar-refractivity contribution in [2.45, 2.75) is 43.3 Å². The van der Waals surface area contributed by atoms with Crippen LogP contribution in [0.5, 0.6) is 0 Å². The zero-order chi connectivity index (χ0) is 18.2. The van der Waals surface area contributed by atoms with Gasteiger partial charge in [-0.25, -0.2) is 0 Å². The molecule has 1 N–H and O–H groups in total. The van der Waals surface area contributed by atoms with Crippen molar-refractivity contribution in [2.75, 3.05) is 18.8 Å². The number of aromatic nitrogens is 4. The molecule has 2 fully saturated rings. The molecule has 0 bridgehead atoms. The molecule has 1 saturated heterocycles. The number of likely N-dealkylation sites (tertiary alicyclic amines) is 1. The molecule has 0 radical (unpaired) electrons. The number of nitrogens with one attached hydrogen (secondary N) is 1. The van der Waals surface area contributed by atoms with Gasteiger partial charge in [0.15, 0.2) is 11.0 Å². The van der Waals surface area contributed by atoms with Gasteiger partial charge in [-0.05, 0) is 38.2 Å². The topological polar surface area (TPSA) is 66.8 Å². The van der Waals surface area contributed by atoms with Crippen LogP contribution in [0.4, 0.5) is 0 Å². The van der Waals surface area contributed by atoms with Crippen LogP contribution in [0.25, 0.3) is 22.3 Å². The van der Waals surface area contributed by atoms with E-state index in [0.717, 1.165) is 66.2 Å². The molecule has 1 saturated carbocycles. The molecule has 1 aliphatic carbocycles. The van der Waals surface area contributed by atoms with Gasteiger partial charge < -0.3 is 9.88 Å². The molecule has 2 aliphatic rings. The number of piperidine rings is 1. The fourth-order valence-corrected chi connectivity index (χ4v) is 4.75. The van der Waals surface area contributed by atoms with Gasteiger partial charge in [0.25, 0.3) is 0 Å². The van der Waals surface area contributed by atoms with Gasteiger partial charge in [-0.3, -0.25) is 9.36 Å². The first-order valence-electron chi connectivity index (χ1n) is 9.73. The van der Waals surface area contributed by atoms with Crippen molar-refractivity contribution in [1.82, 2.24) is 24.6 Å². The molecular weight excluding hydrogens is 358 g/mol. The van der Waals surface area contributed by atoms with E-state index >= 15 is 0 Å². The van der Waals surface area contributed by atoms with Crippen LogP contribution >= 0.6 is 11.8 Å². The number of nitrogens with zero attached hydrogens (tertiary/aromatic N) is 4. The predicted molar refractivity (Wildman–Crippen MR) is 107 cm³/mol. The van der Waals surface area contributed by atoms with Crippen molar-refractivity contribution in [3.63, 3.8) is 0 Å². The average Bonchev–Trinajstić information content (AvgIpc) is 3.33. The first-order valence-corrected chi connectivity index (χ1v) is 10.7. The van der Waals surface area contributed by atoms with E-state index in [1.54, 1.807) is 0 Å². The Morgan fingerprint density at radius 3 is 2.78 bits per heavy atom. The SMILES string of the molecule is O=C(CSc1nnc(-c2c[nH]c3ccccc23)n1C1CC1)N1CCCCC1. The number of rotatable bonds is 5. The number of hydrogen-bond donors (Lipinski definition) is 1. The zero-order valence-corrected chi connectivity index (χ0v) is 16.0. The lowest BCUT2D eigenvalue weighted by atomic mass is 10.1. The third-order valence-electron chi connectivity index (χ3n) is 5.44. The summed E-state index contributed by atoms with van der Waals surface area (Å²) in [5, 5.41) is 11.0. The molecule has 6 nitrogen and oxygen atoms in total. The number of carbonyl (C=O) groups excluding carboxylic acids is 1. The summed E-state index contributed by atoms with van der Waals surface area (Å²) in [6, 6.07) is 8.71. The molecule has 2 aromatic heterocycles. The molecule has 140 valence electrons. The summed E-state index contributed by atoms with van der Waals surface area (Å²) in [5.41, 5.74) is 2.19. The Morgan fingerprint density at radius 2 is 1.96 bits per heavy atom. The highest BCUT2D eigenvalue weighted by Gasteiger charge is 2.31. The number of amides is 1. The van der Waals surface area contributed by atoms with Gasteiger partial charge in [-0.15, -0.1) is 10.2 Å². The van der Waals surface area contributed by atoms with Crippen LogP contribution in [-0.4, -0.2) is 49.4 Å². The second kappa shape index (κ2) is 7.03. The summed E-state index contributed by atoms with van der Waals surface area (Å²) in [6.45, 7) is 1.80. The average molecular weight is 382 g/mol. The molecular formula is C20H23N5OS. The number of hydrogen-bond acceptors (Lipinski definition) is 4. The number of H-pyrrole nitrogens is 1. The van der Waals surface area contributed by atoms with Crippen LogP contribution in [0.15, 0.2) is 35.6 Å². The Balaban J connectivity index is 1.40. The minimum Gasteiger partial charge on any atom is -0.360 e. The third kappa shape index (κ3) is 3.25. The first-order chi connectivity index (χ1) is 13.3. The molecule has 7 heteroatoms. The standard InChI is InChI=1S/C20H23N5OS/c26-18(24-10-4-1-5-11-24)13-27-20-23-22-19(25(20)14-8-9-14)16-12-21-17-7-3-2-6-15(16)17/h2-3,6-7,12,14,21H,1,4-5,8-11,13H2. The Bertz CT molecular complexity index is 968. The summed E-state index contributed by atoms with van der Waals surface area (Å²) in [7, 11) is 0. The summed E-state index contributed by atoms with van der Waals surface area (Å²) >= 11 is 1.53. The van der Waals surface area contributed by atoms with Crippen LogP contribution < -0.4 is 0 Å². The number of fused-ring (bicyclic) bond motifs is 1. The maximum Gasteiger partial charge on any atom is 0.233 e. The van der Waals surface area contributed by atoms with E-state index in [-0.39, 0.29) is 5.91 Å².